The van der Waals surface area contributed by atoms with Crippen LogP contribution in [-0.4, -0.2) is 16.3 Å². The maximum absolute atomic E-state index is 14.0. The van der Waals surface area contributed by atoms with Crippen LogP contribution in [0.4, 0.5) is 4.39 Å². The molecule has 4 heteroatoms. The number of fused-ring (bicyclic) bond motifs is 2. The van der Waals surface area contributed by atoms with Crippen molar-refractivity contribution >= 4 is 17.5 Å². The molecule has 2 atom stereocenters. The fraction of sp³-hybridized carbons (Fsp3) is 0.467. The number of benzene rings is 1. The number of Topliss-reactive ketones (excluding diaryl/α,β-unsaturated/α-hetero) is 1. The van der Waals surface area contributed by atoms with Crippen LogP contribution >= 0.6 is 11.8 Å². The highest BCUT2D eigenvalue weighted by atomic mass is 32.2. The number of hydrogen-bond acceptors (Lipinski definition) is 3. The lowest BCUT2D eigenvalue weighted by atomic mass is 9.89. The Balaban J connectivity index is 1.87. The van der Waals surface area contributed by atoms with Crippen molar-refractivity contribution in [2.45, 2.75) is 36.2 Å². The largest absolute Gasteiger partial charge is 0.294 e. The van der Waals surface area contributed by atoms with Crippen molar-refractivity contribution in [3.05, 3.63) is 35.1 Å². The van der Waals surface area contributed by atoms with Gasteiger partial charge in [-0.15, -0.1) is 0 Å². The number of nitrogens with zero attached hydrogens (tertiary/aromatic N) is 1. The molecule has 0 amide bonds. The highest BCUT2D eigenvalue weighted by Gasteiger charge is 2.38. The lowest BCUT2D eigenvalue weighted by Crippen LogP contribution is -2.25. The van der Waals surface area contributed by atoms with Gasteiger partial charge in [0.2, 0.25) is 0 Å². The van der Waals surface area contributed by atoms with Crippen molar-refractivity contribution in [1.29, 1.82) is 5.26 Å². The Labute approximate surface area is 116 Å². The van der Waals surface area contributed by atoms with Gasteiger partial charge in [0.1, 0.15) is 6.07 Å². The molecule has 19 heavy (non-hydrogen) atoms. The molecule has 98 valence electrons. The first-order valence-electron chi connectivity index (χ1n) is 6.57. The zero-order valence-corrected chi connectivity index (χ0v) is 11.3. The smallest absolute Gasteiger partial charge is 0.169 e. The normalized spacial score (nSPS) is 28.9. The van der Waals surface area contributed by atoms with Gasteiger partial charge in [0, 0.05) is 16.4 Å². The summed E-state index contributed by atoms with van der Waals surface area (Å²) in [6.07, 6.45) is 4.08. The maximum atomic E-state index is 14.0. The quantitative estimate of drug-likeness (QED) is 0.775. The summed E-state index contributed by atoms with van der Waals surface area (Å²) in [6.45, 7) is 0. The van der Waals surface area contributed by atoms with E-state index in [0.29, 0.717) is 10.5 Å². The fourth-order valence-electron chi connectivity index (χ4n) is 3.10. The van der Waals surface area contributed by atoms with Gasteiger partial charge in [0.25, 0.3) is 0 Å². The van der Waals surface area contributed by atoms with Gasteiger partial charge in [-0.2, -0.15) is 17.0 Å². The molecule has 1 aromatic rings. The molecular formula is C15H14FNOS. The zero-order chi connectivity index (χ0) is 13.4. The number of carbonyl (C=O) groups excluding carboxylic acids is 1. The molecule has 2 unspecified atom stereocenters. The molecule has 2 heterocycles. The number of hydrogen-bond donors (Lipinski definition) is 0. The molecule has 0 saturated carbocycles. The van der Waals surface area contributed by atoms with Crippen LogP contribution in [0.5, 0.6) is 0 Å². The molecule has 1 aromatic carbocycles. The van der Waals surface area contributed by atoms with E-state index < -0.39 is 5.82 Å². The third-order valence-electron chi connectivity index (χ3n) is 4.05. The van der Waals surface area contributed by atoms with Gasteiger partial charge < -0.3 is 0 Å². The van der Waals surface area contributed by atoms with Crippen LogP contribution < -0.4 is 0 Å². The van der Waals surface area contributed by atoms with Crippen LogP contribution in [0.15, 0.2) is 18.2 Å². The molecule has 2 fully saturated rings. The first-order valence-corrected chi connectivity index (χ1v) is 7.51. The number of halogens is 1. The van der Waals surface area contributed by atoms with E-state index in [1.54, 1.807) is 12.1 Å². The summed E-state index contributed by atoms with van der Waals surface area (Å²) in [5.41, 5.74) is 0.0503. The Morgan fingerprint density at radius 1 is 1.32 bits per heavy atom. The first-order chi connectivity index (χ1) is 9.19. The standard InChI is InChI=1S/C15H14FNOS/c16-14-9(8-17)2-1-3-13(14)15(18)10-6-11-4-5-12(7-10)19-11/h1-3,10-12H,4-7H2. The van der Waals surface area contributed by atoms with E-state index in [1.165, 1.54) is 25.0 Å². The van der Waals surface area contributed by atoms with Crippen molar-refractivity contribution in [1.82, 2.24) is 0 Å². The summed E-state index contributed by atoms with van der Waals surface area (Å²) in [4.78, 5) is 12.4. The molecule has 3 rings (SSSR count). The van der Waals surface area contributed by atoms with Crippen LogP contribution in [0.1, 0.15) is 41.6 Å². The van der Waals surface area contributed by atoms with Gasteiger partial charge >= 0.3 is 0 Å². The Kier molecular flexibility index (Phi) is 3.32. The molecular weight excluding hydrogens is 261 g/mol. The van der Waals surface area contributed by atoms with Crippen molar-refractivity contribution < 1.29 is 9.18 Å². The second kappa shape index (κ2) is 4.97. The summed E-state index contributed by atoms with van der Waals surface area (Å²) in [5.74, 6) is -0.838. The minimum atomic E-state index is -0.652. The van der Waals surface area contributed by atoms with Gasteiger partial charge in [0.15, 0.2) is 11.6 Å². The van der Waals surface area contributed by atoms with E-state index in [1.807, 2.05) is 11.8 Å². The Morgan fingerprint density at radius 2 is 2.00 bits per heavy atom. The van der Waals surface area contributed by atoms with E-state index in [9.17, 15) is 9.18 Å². The Morgan fingerprint density at radius 3 is 2.63 bits per heavy atom. The minimum absolute atomic E-state index is 0.0426. The maximum Gasteiger partial charge on any atom is 0.169 e. The minimum Gasteiger partial charge on any atom is -0.294 e. The molecule has 0 radical (unpaired) electrons. The second-order valence-electron chi connectivity index (χ2n) is 5.27. The Hall–Kier alpha value is -1.34. The molecule has 0 spiro atoms. The lowest BCUT2D eigenvalue weighted by molar-refractivity contribution is 0.0902. The van der Waals surface area contributed by atoms with Crippen LogP contribution in [-0.2, 0) is 0 Å². The zero-order valence-electron chi connectivity index (χ0n) is 10.4. The highest BCUT2D eigenvalue weighted by molar-refractivity contribution is 8.00. The summed E-state index contributed by atoms with van der Waals surface area (Å²) < 4.78 is 14.0. The van der Waals surface area contributed by atoms with E-state index in [4.69, 9.17) is 5.26 Å². The highest BCUT2D eigenvalue weighted by Crippen LogP contribution is 2.46. The average Bonchev–Trinajstić information content (AvgIpc) is 2.77. The summed E-state index contributed by atoms with van der Waals surface area (Å²) in [7, 11) is 0. The summed E-state index contributed by atoms with van der Waals surface area (Å²) >= 11 is 1.98. The molecule has 2 saturated heterocycles. The van der Waals surface area contributed by atoms with Crippen LogP contribution in [0.3, 0.4) is 0 Å². The SMILES string of the molecule is N#Cc1cccc(C(=O)C2CC3CCC(C2)S3)c1F. The second-order valence-corrected chi connectivity index (χ2v) is 6.87. The number of rotatable bonds is 2. The van der Waals surface area contributed by atoms with Crippen molar-refractivity contribution in [2.75, 3.05) is 0 Å². The molecule has 2 aliphatic heterocycles. The van der Waals surface area contributed by atoms with Gasteiger partial charge in [0.05, 0.1) is 11.1 Å². The fourth-order valence-corrected chi connectivity index (χ4v) is 4.88. The predicted octanol–water partition coefficient (Wildman–Crippen LogP) is 3.55. The van der Waals surface area contributed by atoms with E-state index >= 15 is 0 Å². The van der Waals surface area contributed by atoms with Crippen LogP contribution in [0.25, 0.3) is 0 Å². The van der Waals surface area contributed by atoms with Crippen LogP contribution in [0, 0.1) is 23.1 Å². The van der Waals surface area contributed by atoms with Gasteiger partial charge in [-0.25, -0.2) is 4.39 Å². The topological polar surface area (TPSA) is 40.9 Å². The number of ketones is 1. The predicted molar refractivity (Wildman–Crippen MR) is 72.6 cm³/mol. The number of thioether (sulfide) groups is 1. The Bertz CT molecular complexity index is 554. The van der Waals surface area contributed by atoms with E-state index in [2.05, 4.69) is 0 Å². The third-order valence-corrected chi connectivity index (χ3v) is 5.67. The first kappa shape index (κ1) is 12.7. The van der Waals surface area contributed by atoms with Gasteiger partial charge in [-0.1, -0.05) is 6.07 Å². The molecule has 2 bridgehead atoms. The van der Waals surface area contributed by atoms with Crippen molar-refractivity contribution in [3.8, 4) is 6.07 Å². The lowest BCUT2D eigenvalue weighted by Gasteiger charge is -2.26. The average molecular weight is 275 g/mol. The molecule has 0 aromatic heterocycles. The molecule has 0 N–H and O–H groups in total. The van der Waals surface area contributed by atoms with Crippen LogP contribution in [0.2, 0.25) is 0 Å². The summed E-state index contributed by atoms with van der Waals surface area (Å²) in [6, 6.07) is 6.29. The third kappa shape index (κ3) is 2.28. The molecule has 2 aliphatic rings. The van der Waals surface area contributed by atoms with E-state index in [-0.39, 0.29) is 22.8 Å². The van der Waals surface area contributed by atoms with Gasteiger partial charge in [-0.05, 0) is 37.8 Å². The summed E-state index contributed by atoms with van der Waals surface area (Å²) in [5, 5.41) is 9.95. The van der Waals surface area contributed by atoms with Crippen molar-refractivity contribution in [2.24, 2.45) is 5.92 Å². The molecule has 0 aliphatic carbocycles. The number of carbonyl (C=O) groups is 1. The van der Waals surface area contributed by atoms with Crippen molar-refractivity contribution in [3.63, 3.8) is 0 Å². The molecule has 2 nitrogen and oxygen atoms in total. The number of nitriles is 1. The van der Waals surface area contributed by atoms with Gasteiger partial charge in [-0.3, -0.25) is 4.79 Å². The monoisotopic (exact) mass is 275 g/mol. The van der Waals surface area contributed by atoms with E-state index in [0.717, 1.165) is 12.8 Å².